The average Bonchev–Trinajstić information content (AvgIpc) is 2.35. The zero-order valence-electron chi connectivity index (χ0n) is 12.2. The van der Waals surface area contributed by atoms with Crippen LogP contribution in [0.15, 0.2) is 24.3 Å². The molecule has 0 radical (unpaired) electrons. The van der Waals surface area contributed by atoms with E-state index in [4.69, 9.17) is 4.74 Å². The van der Waals surface area contributed by atoms with Crippen molar-refractivity contribution in [2.45, 2.75) is 39.8 Å². The molecule has 0 aliphatic heterocycles. The molecule has 1 amide bonds. The summed E-state index contributed by atoms with van der Waals surface area (Å²) in [6.07, 6.45) is 0. The summed E-state index contributed by atoms with van der Waals surface area (Å²) < 4.78 is 5.31. The monoisotopic (exact) mass is 280 g/mol. The van der Waals surface area contributed by atoms with Crippen LogP contribution in [0.3, 0.4) is 0 Å². The fourth-order valence-electron chi connectivity index (χ4n) is 2.12. The Bertz CT molecular complexity index is 478. The van der Waals surface area contributed by atoms with Crippen molar-refractivity contribution in [1.82, 2.24) is 4.90 Å². The Balaban J connectivity index is 2.77. The normalized spacial score (nSPS) is 10.7. The molecular weight excluding hydrogens is 260 g/mol. The summed E-state index contributed by atoms with van der Waals surface area (Å²) >= 11 is 0. The van der Waals surface area contributed by atoms with Gasteiger partial charge in [-0.2, -0.15) is 0 Å². The molecule has 0 atom stereocenters. The number of amides is 1. The molecule has 0 aromatic heterocycles. The number of hydrogen-bond donors (Lipinski definition) is 0. The molecule has 0 aliphatic carbocycles. The van der Waals surface area contributed by atoms with Gasteiger partial charge in [-0.25, -0.2) is 0 Å². The third-order valence-corrected chi connectivity index (χ3v) is 2.81. The summed E-state index contributed by atoms with van der Waals surface area (Å²) in [4.78, 5) is 24.1. The van der Waals surface area contributed by atoms with E-state index in [0.29, 0.717) is 0 Å². The lowest BCUT2D eigenvalue weighted by molar-refractivity contribution is -0.385. The lowest BCUT2D eigenvalue weighted by atomic mass is 10.2. The number of carbonyl (C=O) groups excluding carboxylic acids is 1. The molecule has 6 heteroatoms. The summed E-state index contributed by atoms with van der Waals surface area (Å²) in [5.41, 5.74) is -0.138. The van der Waals surface area contributed by atoms with E-state index in [0.717, 1.165) is 0 Å². The van der Waals surface area contributed by atoms with Crippen LogP contribution in [0.2, 0.25) is 0 Å². The molecule has 1 aromatic rings. The maximum Gasteiger partial charge on any atom is 0.310 e. The summed E-state index contributed by atoms with van der Waals surface area (Å²) in [7, 11) is 0. The van der Waals surface area contributed by atoms with E-state index in [1.54, 1.807) is 17.0 Å². The van der Waals surface area contributed by atoms with Crippen molar-refractivity contribution in [2.24, 2.45) is 0 Å². The Morgan fingerprint density at radius 2 is 1.80 bits per heavy atom. The maximum atomic E-state index is 12.1. The Kier molecular flexibility index (Phi) is 5.49. The van der Waals surface area contributed by atoms with Gasteiger partial charge in [-0.15, -0.1) is 0 Å². The van der Waals surface area contributed by atoms with Crippen LogP contribution in [0.4, 0.5) is 5.69 Å². The smallest absolute Gasteiger partial charge is 0.310 e. The zero-order valence-corrected chi connectivity index (χ0v) is 12.2. The van der Waals surface area contributed by atoms with Gasteiger partial charge < -0.3 is 9.64 Å². The largest absolute Gasteiger partial charge is 0.477 e. The van der Waals surface area contributed by atoms with Crippen LogP contribution in [-0.2, 0) is 4.79 Å². The van der Waals surface area contributed by atoms with E-state index >= 15 is 0 Å². The second kappa shape index (κ2) is 6.88. The predicted molar refractivity (Wildman–Crippen MR) is 75.7 cm³/mol. The molecule has 0 fully saturated rings. The van der Waals surface area contributed by atoms with Gasteiger partial charge in [-0.3, -0.25) is 14.9 Å². The van der Waals surface area contributed by atoms with Crippen molar-refractivity contribution in [3.8, 4) is 5.75 Å². The lowest BCUT2D eigenvalue weighted by Gasteiger charge is -2.30. The van der Waals surface area contributed by atoms with E-state index in [1.807, 2.05) is 27.7 Å². The number of carbonyl (C=O) groups is 1. The first-order chi connectivity index (χ1) is 9.34. The number of ether oxygens (including phenoxy) is 1. The van der Waals surface area contributed by atoms with Gasteiger partial charge in [-0.05, 0) is 33.8 Å². The molecule has 0 spiro atoms. The first-order valence-corrected chi connectivity index (χ1v) is 6.52. The van der Waals surface area contributed by atoms with Crippen LogP contribution >= 0.6 is 0 Å². The van der Waals surface area contributed by atoms with Crippen LogP contribution in [0.5, 0.6) is 5.75 Å². The molecular formula is C14H20N2O4. The Morgan fingerprint density at radius 1 is 1.25 bits per heavy atom. The number of hydrogen-bond acceptors (Lipinski definition) is 4. The molecule has 0 heterocycles. The molecule has 110 valence electrons. The third kappa shape index (κ3) is 3.94. The van der Waals surface area contributed by atoms with Crippen LogP contribution < -0.4 is 4.74 Å². The van der Waals surface area contributed by atoms with Gasteiger partial charge in [0.2, 0.25) is 0 Å². The molecule has 1 aromatic carbocycles. The molecule has 20 heavy (non-hydrogen) atoms. The van der Waals surface area contributed by atoms with Gasteiger partial charge >= 0.3 is 5.69 Å². The molecule has 0 N–H and O–H groups in total. The van der Waals surface area contributed by atoms with Crippen LogP contribution in [0, 0.1) is 10.1 Å². The number of benzene rings is 1. The fourth-order valence-corrected chi connectivity index (χ4v) is 2.12. The molecule has 0 aliphatic rings. The Morgan fingerprint density at radius 3 is 2.30 bits per heavy atom. The molecule has 0 saturated heterocycles. The quantitative estimate of drug-likeness (QED) is 0.593. The van der Waals surface area contributed by atoms with E-state index in [2.05, 4.69) is 0 Å². The van der Waals surface area contributed by atoms with Crippen molar-refractivity contribution in [3.63, 3.8) is 0 Å². The number of rotatable bonds is 6. The van der Waals surface area contributed by atoms with Crippen LogP contribution in [-0.4, -0.2) is 34.4 Å². The molecule has 6 nitrogen and oxygen atoms in total. The van der Waals surface area contributed by atoms with Gasteiger partial charge in [0, 0.05) is 18.2 Å². The topological polar surface area (TPSA) is 72.7 Å². The Hall–Kier alpha value is -2.11. The second-order valence-electron chi connectivity index (χ2n) is 5.00. The van der Waals surface area contributed by atoms with Crippen molar-refractivity contribution < 1.29 is 14.5 Å². The number of nitro groups is 1. The predicted octanol–water partition coefficient (Wildman–Crippen LogP) is 2.62. The van der Waals surface area contributed by atoms with E-state index in [9.17, 15) is 14.9 Å². The number of nitro benzene ring substituents is 1. The minimum Gasteiger partial charge on any atom is -0.477 e. The van der Waals surface area contributed by atoms with Crippen LogP contribution in [0.1, 0.15) is 27.7 Å². The first kappa shape index (κ1) is 15.9. The average molecular weight is 280 g/mol. The zero-order chi connectivity index (χ0) is 15.3. The van der Waals surface area contributed by atoms with E-state index < -0.39 is 4.92 Å². The minimum atomic E-state index is -0.525. The highest BCUT2D eigenvalue weighted by molar-refractivity contribution is 5.78. The van der Waals surface area contributed by atoms with Gasteiger partial charge in [0.25, 0.3) is 5.91 Å². The van der Waals surface area contributed by atoms with Crippen LogP contribution in [0.25, 0.3) is 0 Å². The molecule has 0 bridgehead atoms. The summed E-state index contributed by atoms with van der Waals surface area (Å²) in [6.45, 7) is 7.47. The van der Waals surface area contributed by atoms with E-state index in [1.165, 1.54) is 12.1 Å². The third-order valence-electron chi connectivity index (χ3n) is 2.81. The number of para-hydroxylation sites is 2. The Labute approximate surface area is 118 Å². The molecule has 0 unspecified atom stereocenters. The van der Waals surface area contributed by atoms with Gasteiger partial charge in [0.05, 0.1) is 4.92 Å². The summed E-state index contributed by atoms with van der Waals surface area (Å²) in [5.74, 6) is -0.0773. The van der Waals surface area contributed by atoms with Crippen molar-refractivity contribution in [3.05, 3.63) is 34.4 Å². The molecule has 1 rings (SSSR count). The van der Waals surface area contributed by atoms with Gasteiger partial charge in [-0.1, -0.05) is 12.1 Å². The second-order valence-corrected chi connectivity index (χ2v) is 5.00. The standard InChI is InChI=1S/C14H20N2O4/c1-10(2)15(11(3)4)14(17)9-20-13-8-6-5-7-12(13)16(18)19/h5-8,10-11H,9H2,1-4H3. The van der Waals surface area contributed by atoms with Crippen molar-refractivity contribution in [1.29, 1.82) is 0 Å². The lowest BCUT2D eigenvalue weighted by Crippen LogP contribution is -2.44. The highest BCUT2D eigenvalue weighted by Crippen LogP contribution is 2.25. The number of nitrogens with zero attached hydrogens (tertiary/aromatic N) is 2. The summed E-state index contributed by atoms with van der Waals surface area (Å²) in [5, 5.41) is 10.8. The highest BCUT2D eigenvalue weighted by atomic mass is 16.6. The van der Waals surface area contributed by atoms with Gasteiger partial charge in [0.15, 0.2) is 12.4 Å². The summed E-state index contributed by atoms with van der Waals surface area (Å²) in [6, 6.07) is 6.13. The fraction of sp³-hybridized carbons (Fsp3) is 0.500. The van der Waals surface area contributed by atoms with Gasteiger partial charge in [0.1, 0.15) is 0 Å². The maximum absolute atomic E-state index is 12.1. The minimum absolute atomic E-state index is 0.0526. The SMILES string of the molecule is CC(C)N(C(=O)COc1ccccc1[N+](=O)[O-])C(C)C. The van der Waals surface area contributed by atoms with E-state index in [-0.39, 0.29) is 36.0 Å². The van der Waals surface area contributed by atoms with Crippen molar-refractivity contribution in [2.75, 3.05) is 6.61 Å². The first-order valence-electron chi connectivity index (χ1n) is 6.52. The molecule has 0 saturated carbocycles. The van der Waals surface area contributed by atoms with Crippen molar-refractivity contribution >= 4 is 11.6 Å². The highest BCUT2D eigenvalue weighted by Gasteiger charge is 2.22.